The molecule has 0 aliphatic rings. The van der Waals surface area contributed by atoms with Crippen LogP contribution in [0.25, 0.3) is 11.1 Å². The molecule has 0 fully saturated rings. The number of halogens is 2. The summed E-state index contributed by atoms with van der Waals surface area (Å²) in [6.45, 7) is 2.47. The number of rotatable bonds is 5. The quantitative estimate of drug-likeness (QED) is 0.748. The van der Waals surface area contributed by atoms with Crippen LogP contribution in [-0.4, -0.2) is 15.0 Å². The lowest BCUT2D eigenvalue weighted by Crippen LogP contribution is -2.15. The number of hydrogen-bond donors (Lipinski definition) is 1. The minimum Gasteiger partial charge on any atom is -0.458 e. The zero-order chi connectivity index (χ0) is 18.9. The lowest BCUT2D eigenvalue weighted by molar-refractivity contribution is 0.0170. The van der Waals surface area contributed by atoms with Gasteiger partial charge in [0.1, 0.15) is 12.0 Å². The maximum absolute atomic E-state index is 13.2. The van der Waals surface area contributed by atoms with E-state index in [1.165, 1.54) is 18.2 Å². The van der Waals surface area contributed by atoms with Gasteiger partial charge in [-0.3, -0.25) is 14.8 Å². The fourth-order valence-electron chi connectivity index (χ4n) is 2.39. The fraction of sp³-hybridized carbons (Fsp3) is 0.294. The van der Waals surface area contributed by atoms with Gasteiger partial charge >= 0.3 is 5.63 Å². The summed E-state index contributed by atoms with van der Waals surface area (Å²) in [5.74, 6) is -2.98. The van der Waals surface area contributed by atoms with Gasteiger partial charge in [0.05, 0.1) is 5.69 Å². The molecule has 1 N–H and O–H groups in total. The molecule has 0 amide bonds. The third kappa shape index (κ3) is 3.61. The van der Waals surface area contributed by atoms with E-state index in [0.717, 1.165) is 13.1 Å². The van der Waals surface area contributed by atoms with Crippen molar-refractivity contribution in [2.45, 2.75) is 32.8 Å². The number of pyridine rings is 1. The number of aromatic amines is 1. The fourth-order valence-corrected chi connectivity index (χ4v) is 2.39. The number of fused-ring (bicyclic) bond motifs is 1. The van der Waals surface area contributed by atoms with Crippen LogP contribution in [0.4, 0.5) is 8.78 Å². The van der Waals surface area contributed by atoms with Gasteiger partial charge in [-0.2, -0.15) is 4.98 Å². The number of aryl methyl sites for hydroxylation is 1. The van der Waals surface area contributed by atoms with E-state index in [0.29, 0.717) is 17.7 Å². The Morgan fingerprint density at radius 1 is 1.31 bits per heavy atom. The monoisotopic (exact) mass is 363 g/mol. The summed E-state index contributed by atoms with van der Waals surface area (Å²) in [7, 11) is 0. The molecule has 3 aromatic rings. The Labute approximate surface area is 145 Å². The molecule has 9 heteroatoms. The van der Waals surface area contributed by atoms with Gasteiger partial charge in [-0.1, -0.05) is 6.92 Å². The molecule has 26 heavy (non-hydrogen) atoms. The van der Waals surface area contributed by atoms with Crippen molar-refractivity contribution in [2.24, 2.45) is 0 Å². The minimum absolute atomic E-state index is 0.109. The maximum Gasteiger partial charge on any atom is 0.337 e. The first kappa shape index (κ1) is 17.7. The average molecular weight is 363 g/mol. The number of hydrogen-bond acceptors (Lipinski definition) is 6. The van der Waals surface area contributed by atoms with Crippen LogP contribution in [-0.2, 0) is 19.0 Å². The number of ether oxygens (including phenoxy) is 1. The summed E-state index contributed by atoms with van der Waals surface area (Å²) in [5.41, 5.74) is -0.566. The first-order chi connectivity index (χ1) is 12.3. The van der Waals surface area contributed by atoms with E-state index in [1.54, 1.807) is 6.92 Å². The van der Waals surface area contributed by atoms with Crippen molar-refractivity contribution in [1.82, 2.24) is 15.0 Å². The first-order valence-electron chi connectivity index (χ1n) is 7.81. The summed E-state index contributed by atoms with van der Waals surface area (Å²) in [6.07, 6.45) is 1.52. The average Bonchev–Trinajstić information content (AvgIpc) is 2.58. The van der Waals surface area contributed by atoms with Crippen LogP contribution in [0.3, 0.4) is 0 Å². The van der Waals surface area contributed by atoms with Crippen LogP contribution in [0, 0.1) is 0 Å². The zero-order valence-electron chi connectivity index (χ0n) is 14.0. The molecular weight excluding hydrogens is 348 g/mol. The SMILES string of the molecule is CCc1cc(=O)oc2nc(OCc3ccc(C(C)(F)F)cn3)[nH]c(=O)c12. The summed E-state index contributed by atoms with van der Waals surface area (Å²) < 4.78 is 36.6. The standard InChI is InChI=1S/C17H15F2N3O4/c1-3-9-6-12(23)26-15-13(9)14(24)21-16(22-15)25-8-11-5-4-10(7-20-11)17(2,18)19/h4-7H,3,8H2,1-2H3,(H,21,22,24). The lowest BCUT2D eigenvalue weighted by Gasteiger charge is -2.10. The lowest BCUT2D eigenvalue weighted by atomic mass is 10.1. The number of alkyl halides is 2. The van der Waals surface area contributed by atoms with Crippen LogP contribution in [0.5, 0.6) is 6.01 Å². The van der Waals surface area contributed by atoms with Gasteiger partial charge in [0.15, 0.2) is 0 Å². The topological polar surface area (TPSA) is 98.1 Å². The van der Waals surface area contributed by atoms with E-state index in [-0.39, 0.29) is 29.3 Å². The van der Waals surface area contributed by atoms with Crippen LogP contribution in [0.1, 0.15) is 30.7 Å². The van der Waals surface area contributed by atoms with Crippen molar-refractivity contribution >= 4 is 11.1 Å². The predicted octanol–water partition coefficient (Wildman–Crippen LogP) is 2.52. The molecule has 136 valence electrons. The van der Waals surface area contributed by atoms with Crippen molar-refractivity contribution in [2.75, 3.05) is 0 Å². The van der Waals surface area contributed by atoms with Crippen LogP contribution < -0.4 is 15.9 Å². The molecule has 0 unspecified atom stereocenters. The van der Waals surface area contributed by atoms with Crippen molar-refractivity contribution in [1.29, 1.82) is 0 Å². The van der Waals surface area contributed by atoms with E-state index < -0.39 is 17.1 Å². The third-order valence-corrected chi connectivity index (χ3v) is 3.74. The van der Waals surface area contributed by atoms with Crippen molar-refractivity contribution < 1.29 is 17.9 Å². The van der Waals surface area contributed by atoms with Gasteiger partial charge in [-0.15, -0.1) is 0 Å². The molecule has 7 nitrogen and oxygen atoms in total. The second kappa shape index (κ2) is 6.66. The zero-order valence-corrected chi connectivity index (χ0v) is 14.0. The molecule has 0 aliphatic carbocycles. The number of aromatic nitrogens is 3. The summed E-state index contributed by atoms with van der Waals surface area (Å²) >= 11 is 0. The molecule has 0 saturated carbocycles. The Morgan fingerprint density at radius 2 is 2.08 bits per heavy atom. The Kier molecular flexibility index (Phi) is 4.54. The molecule has 0 saturated heterocycles. The molecule has 0 atom stereocenters. The van der Waals surface area contributed by atoms with E-state index in [2.05, 4.69) is 15.0 Å². The van der Waals surface area contributed by atoms with Gasteiger partial charge in [0.25, 0.3) is 17.5 Å². The van der Waals surface area contributed by atoms with Gasteiger partial charge in [-0.25, -0.2) is 13.6 Å². The first-order valence-corrected chi connectivity index (χ1v) is 7.81. The third-order valence-electron chi connectivity index (χ3n) is 3.74. The normalized spacial score (nSPS) is 11.7. The second-order valence-corrected chi connectivity index (χ2v) is 5.71. The van der Waals surface area contributed by atoms with Gasteiger partial charge in [0, 0.05) is 24.8 Å². The number of nitrogens with zero attached hydrogens (tertiary/aromatic N) is 2. The molecule has 0 aliphatic heterocycles. The van der Waals surface area contributed by atoms with Crippen LogP contribution in [0.2, 0.25) is 0 Å². The van der Waals surface area contributed by atoms with E-state index in [4.69, 9.17) is 9.15 Å². The predicted molar refractivity (Wildman–Crippen MR) is 88.4 cm³/mol. The van der Waals surface area contributed by atoms with Crippen molar-refractivity contribution in [3.63, 3.8) is 0 Å². The molecule has 0 radical (unpaired) electrons. The second-order valence-electron chi connectivity index (χ2n) is 5.71. The molecule has 0 aromatic carbocycles. The Balaban J connectivity index is 1.86. The van der Waals surface area contributed by atoms with Crippen molar-refractivity contribution in [3.8, 4) is 6.01 Å². The Morgan fingerprint density at radius 3 is 2.69 bits per heavy atom. The summed E-state index contributed by atoms with van der Waals surface area (Å²) in [5, 5.41) is 0.187. The molecule has 0 bridgehead atoms. The summed E-state index contributed by atoms with van der Waals surface area (Å²) in [6, 6.07) is 3.72. The molecule has 3 heterocycles. The molecule has 3 rings (SSSR count). The molecular formula is C17H15F2N3O4. The highest BCUT2D eigenvalue weighted by molar-refractivity contribution is 5.75. The Bertz CT molecular complexity index is 1050. The highest BCUT2D eigenvalue weighted by Gasteiger charge is 2.24. The van der Waals surface area contributed by atoms with E-state index in [1.807, 2.05) is 0 Å². The van der Waals surface area contributed by atoms with E-state index in [9.17, 15) is 18.4 Å². The van der Waals surface area contributed by atoms with Crippen LogP contribution >= 0.6 is 0 Å². The maximum atomic E-state index is 13.2. The highest BCUT2D eigenvalue weighted by Crippen LogP contribution is 2.26. The minimum atomic E-state index is -2.98. The van der Waals surface area contributed by atoms with Gasteiger partial charge < -0.3 is 9.15 Å². The van der Waals surface area contributed by atoms with E-state index >= 15 is 0 Å². The van der Waals surface area contributed by atoms with Crippen LogP contribution in [0.15, 0.2) is 38.4 Å². The van der Waals surface area contributed by atoms with Gasteiger partial charge in [-0.05, 0) is 24.1 Å². The summed E-state index contributed by atoms with van der Waals surface area (Å²) in [4.78, 5) is 34.1. The highest BCUT2D eigenvalue weighted by atomic mass is 19.3. The van der Waals surface area contributed by atoms with Gasteiger partial charge in [0.2, 0.25) is 5.71 Å². The largest absolute Gasteiger partial charge is 0.458 e. The molecule has 3 aromatic heterocycles. The smallest absolute Gasteiger partial charge is 0.337 e. The number of nitrogens with one attached hydrogen (secondary N) is 1. The molecule has 0 spiro atoms. The van der Waals surface area contributed by atoms with Crippen molar-refractivity contribution in [3.05, 3.63) is 62.0 Å². The Hall–Kier alpha value is -3.10. The number of H-pyrrole nitrogens is 1.